The average molecular weight is 285 g/mol. The molecule has 116 valence electrons. The summed E-state index contributed by atoms with van der Waals surface area (Å²) in [5, 5.41) is 11.8. The van der Waals surface area contributed by atoms with E-state index < -0.39 is 12.0 Å². The van der Waals surface area contributed by atoms with Gasteiger partial charge in [-0.3, -0.25) is 0 Å². The lowest BCUT2D eigenvalue weighted by Gasteiger charge is -2.31. The Morgan fingerprint density at radius 3 is 2.60 bits per heavy atom. The Morgan fingerprint density at radius 2 is 2.05 bits per heavy atom. The molecular weight excluding hydrogens is 258 g/mol. The Hall–Kier alpha value is -1.30. The van der Waals surface area contributed by atoms with Crippen molar-refractivity contribution in [1.82, 2.24) is 15.1 Å². The lowest BCUT2D eigenvalue weighted by molar-refractivity contribution is -0.139. The first-order valence-electron chi connectivity index (χ1n) is 7.48. The quantitative estimate of drug-likeness (QED) is 0.800. The summed E-state index contributed by atoms with van der Waals surface area (Å²) in [5.74, 6) is -0.958. The van der Waals surface area contributed by atoms with Gasteiger partial charge >= 0.3 is 12.0 Å². The van der Waals surface area contributed by atoms with Crippen molar-refractivity contribution in [3.63, 3.8) is 0 Å². The van der Waals surface area contributed by atoms with Gasteiger partial charge in [0.25, 0.3) is 0 Å². The van der Waals surface area contributed by atoms with Gasteiger partial charge in [0, 0.05) is 19.1 Å². The van der Waals surface area contributed by atoms with Gasteiger partial charge in [-0.05, 0) is 32.9 Å². The van der Waals surface area contributed by atoms with Gasteiger partial charge in [0.05, 0.1) is 0 Å². The van der Waals surface area contributed by atoms with Crippen molar-refractivity contribution in [3.05, 3.63) is 0 Å². The highest BCUT2D eigenvalue weighted by Gasteiger charge is 2.28. The summed E-state index contributed by atoms with van der Waals surface area (Å²) in [5.41, 5.74) is 0. The fourth-order valence-electron chi connectivity index (χ4n) is 2.64. The number of carbonyl (C=O) groups excluding carboxylic acids is 1. The Morgan fingerprint density at radius 1 is 1.35 bits per heavy atom. The zero-order chi connectivity index (χ0) is 15.1. The highest BCUT2D eigenvalue weighted by molar-refractivity contribution is 5.82. The number of carboxylic acid groups (broad SMARTS) is 1. The molecule has 1 aliphatic heterocycles. The predicted molar refractivity (Wildman–Crippen MR) is 77.8 cm³/mol. The van der Waals surface area contributed by atoms with Crippen LogP contribution in [0, 0.1) is 0 Å². The van der Waals surface area contributed by atoms with Gasteiger partial charge in [-0.25, -0.2) is 9.59 Å². The fraction of sp³-hybridized carbons (Fsp3) is 0.857. The molecule has 0 aromatic heterocycles. The van der Waals surface area contributed by atoms with E-state index in [9.17, 15) is 9.59 Å². The van der Waals surface area contributed by atoms with Crippen molar-refractivity contribution < 1.29 is 14.7 Å². The molecule has 2 atom stereocenters. The average Bonchev–Trinajstić information content (AvgIpc) is 2.59. The summed E-state index contributed by atoms with van der Waals surface area (Å²) in [6.07, 6.45) is 3.00. The van der Waals surface area contributed by atoms with Gasteiger partial charge in [-0.2, -0.15) is 0 Å². The molecule has 6 nitrogen and oxygen atoms in total. The van der Waals surface area contributed by atoms with Gasteiger partial charge in [-0.15, -0.1) is 0 Å². The minimum absolute atomic E-state index is 0.151. The topological polar surface area (TPSA) is 72.9 Å². The summed E-state index contributed by atoms with van der Waals surface area (Å²) in [4.78, 5) is 27.5. The Kier molecular flexibility index (Phi) is 6.78. The number of carboxylic acids is 1. The molecule has 0 aliphatic carbocycles. The summed E-state index contributed by atoms with van der Waals surface area (Å²) in [6, 6.07) is -0.877. The molecule has 1 unspecified atom stereocenters. The molecule has 6 heteroatoms. The summed E-state index contributed by atoms with van der Waals surface area (Å²) in [7, 11) is 2.06. The van der Waals surface area contributed by atoms with Crippen LogP contribution in [0.1, 0.15) is 39.5 Å². The zero-order valence-corrected chi connectivity index (χ0v) is 12.8. The first-order valence-corrected chi connectivity index (χ1v) is 7.48. The molecule has 1 heterocycles. The predicted octanol–water partition coefficient (Wildman–Crippen LogP) is 1.37. The number of nitrogens with one attached hydrogen (secondary N) is 1. The lowest BCUT2D eigenvalue weighted by Crippen LogP contribution is -2.52. The zero-order valence-electron chi connectivity index (χ0n) is 12.8. The molecule has 0 aromatic rings. The molecule has 20 heavy (non-hydrogen) atoms. The first kappa shape index (κ1) is 16.8. The molecule has 0 radical (unpaired) electrons. The lowest BCUT2D eigenvalue weighted by atomic mass is 10.1. The molecule has 0 aromatic carbocycles. The van der Waals surface area contributed by atoms with Crippen molar-refractivity contribution >= 4 is 12.0 Å². The van der Waals surface area contributed by atoms with Crippen LogP contribution < -0.4 is 5.32 Å². The molecule has 1 saturated heterocycles. The Labute approximate surface area is 121 Å². The molecule has 0 spiro atoms. The third-order valence-electron chi connectivity index (χ3n) is 3.81. The second-order valence-corrected chi connectivity index (χ2v) is 5.50. The van der Waals surface area contributed by atoms with E-state index in [1.165, 1.54) is 0 Å². The van der Waals surface area contributed by atoms with Gasteiger partial charge in [-0.1, -0.05) is 20.3 Å². The number of carbonyl (C=O) groups is 2. The Bertz CT molecular complexity index is 336. The maximum absolute atomic E-state index is 12.3. The van der Waals surface area contributed by atoms with Gasteiger partial charge < -0.3 is 20.2 Å². The summed E-state index contributed by atoms with van der Waals surface area (Å²) >= 11 is 0. The third-order valence-corrected chi connectivity index (χ3v) is 3.81. The highest BCUT2D eigenvalue weighted by Crippen LogP contribution is 2.12. The minimum atomic E-state index is -0.958. The standard InChI is InChI=1S/C14H27N3O3/c1-4-7-12(13(18)19)15-14(20)17-9-6-8-16(3)10-11(17)5-2/h11-12H,4-10H2,1-3H3,(H,15,20)(H,18,19)/t11?,12-/m1/s1. The molecule has 1 fully saturated rings. The van der Waals surface area contributed by atoms with Gasteiger partial charge in [0.15, 0.2) is 0 Å². The van der Waals surface area contributed by atoms with Crippen molar-refractivity contribution in [2.75, 3.05) is 26.7 Å². The van der Waals surface area contributed by atoms with Crippen molar-refractivity contribution in [3.8, 4) is 0 Å². The molecular formula is C14H27N3O3. The van der Waals surface area contributed by atoms with Crippen LogP contribution in [0.15, 0.2) is 0 Å². The maximum atomic E-state index is 12.3. The number of amides is 2. The summed E-state index contributed by atoms with van der Waals surface area (Å²) in [6.45, 7) is 6.48. The number of nitrogens with zero attached hydrogens (tertiary/aromatic N) is 2. The van der Waals surface area contributed by atoms with Crippen molar-refractivity contribution in [1.29, 1.82) is 0 Å². The molecule has 2 amide bonds. The van der Waals surface area contributed by atoms with Gasteiger partial charge in [0.1, 0.15) is 6.04 Å². The van der Waals surface area contributed by atoms with E-state index in [0.29, 0.717) is 13.0 Å². The Balaban J connectivity index is 2.69. The first-order chi connectivity index (χ1) is 9.49. The number of aliphatic carboxylic acids is 1. The summed E-state index contributed by atoms with van der Waals surface area (Å²) < 4.78 is 0. The van der Waals surface area contributed by atoms with E-state index in [-0.39, 0.29) is 12.1 Å². The van der Waals surface area contributed by atoms with E-state index in [1.54, 1.807) is 4.90 Å². The molecule has 1 rings (SSSR count). The maximum Gasteiger partial charge on any atom is 0.326 e. The van der Waals surface area contributed by atoms with E-state index in [1.807, 2.05) is 6.92 Å². The van der Waals surface area contributed by atoms with Crippen LogP contribution in [0.4, 0.5) is 4.79 Å². The minimum Gasteiger partial charge on any atom is -0.480 e. The molecule has 0 saturated carbocycles. The van der Waals surface area contributed by atoms with Crippen LogP contribution in [0.2, 0.25) is 0 Å². The van der Waals surface area contributed by atoms with Crippen LogP contribution in [-0.4, -0.2) is 65.7 Å². The van der Waals surface area contributed by atoms with Crippen LogP contribution in [0.25, 0.3) is 0 Å². The smallest absolute Gasteiger partial charge is 0.326 e. The number of urea groups is 1. The van der Waals surface area contributed by atoms with Crippen LogP contribution >= 0.6 is 0 Å². The van der Waals surface area contributed by atoms with Crippen LogP contribution in [-0.2, 0) is 4.79 Å². The van der Waals surface area contributed by atoms with E-state index >= 15 is 0 Å². The number of hydrogen-bond acceptors (Lipinski definition) is 3. The van der Waals surface area contributed by atoms with Gasteiger partial charge in [0.2, 0.25) is 0 Å². The third kappa shape index (κ3) is 4.67. The van der Waals surface area contributed by atoms with Crippen molar-refractivity contribution in [2.45, 2.75) is 51.6 Å². The second-order valence-electron chi connectivity index (χ2n) is 5.50. The molecule has 0 bridgehead atoms. The second kappa shape index (κ2) is 8.09. The number of hydrogen-bond donors (Lipinski definition) is 2. The van der Waals surface area contributed by atoms with E-state index in [2.05, 4.69) is 24.2 Å². The number of likely N-dealkylation sites (N-methyl/N-ethyl adjacent to an activating group) is 1. The SMILES string of the molecule is CCC[C@@H](NC(=O)N1CCCN(C)CC1CC)C(=O)O. The normalized spacial score (nSPS) is 22.1. The largest absolute Gasteiger partial charge is 0.480 e. The molecule has 1 aliphatic rings. The van der Waals surface area contributed by atoms with Crippen LogP contribution in [0.3, 0.4) is 0 Å². The van der Waals surface area contributed by atoms with Crippen LogP contribution in [0.5, 0.6) is 0 Å². The molecule has 2 N–H and O–H groups in total. The van der Waals surface area contributed by atoms with E-state index in [4.69, 9.17) is 5.11 Å². The van der Waals surface area contributed by atoms with E-state index in [0.717, 1.165) is 32.4 Å². The van der Waals surface area contributed by atoms with Crippen molar-refractivity contribution in [2.24, 2.45) is 0 Å². The highest BCUT2D eigenvalue weighted by atomic mass is 16.4. The monoisotopic (exact) mass is 285 g/mol. The fourth-order valence-corrected chi connectivity index (χ4v) is 2.64. The number of rotatable bonds is 5.